The fourth-order valence-electron chi connectivity index (χ4n) is 5.87. The Balaban J connectivity index is 1.43. The van der Waals surface area contributed by atoms with Crippen molar-refractivity contribution in [3.63, 3.8) is 0 Å². The van der Waals surface area contributed by atoms with Crippen LogP contribution in [-0.4, -0.2) is 39.3 Å². The van der Waals surface area contributed by atoms with Gasteiger partial charge in [0.2, 0.25) is 0 Å². The van der Waals surface area contributed by atoms with Crippen LogP contribution in [0, 0.1) is 0 Å². The second-order valence-corrected chi connectivity index (χ2v) is 11.1. The summed E-state index contributed by atoms with van der Waals surface area (Å²) in [4.78, 5) is 4.78. The Morgan fingerprint density at radius 3 is 1.81 bits per heavy atom. The van der Waals surface area contributed by atoms with Crippen molar-refractivity contribution < 1.29 is 19.3 Å². The number of aromatic nitrogens is 2. The van der Waals surface area contributed by atoms with Crippen molar-refractivity contribution in [2.24, 2.45) is 0 Å². The molecule has 4 aromatic carbocycles. The first-order valence-corrected chi connectivity index (χ1v) is 14.3. The van der Waals surface area contributed by atoms with Crippen LogP contribution in [0.3, 0.4) is 0 Å². The maximum Gasteiger partial charge on any atom is 0.163 e. The molecule has 5 aromatic rings. The molecule has 1 N–H and O–H groups in total. The van der Waals surface area contributed by atoms with Crippen molar-refractivity contribution in [1.82, 2.24) is 9.55 Å². The van der Waals surface area contributed by atoms with Crippen molar-refractivity contribution in [2.75, 3.05) is 6.61 Å². The second-order valence-electron chi connectivity index (χ2n) is 11.1. The molecule has 0 unspecified atom stereocenters. The third kappa shape index (κ3) is 5.54. The fourth-order valence-corrected chi connectivity index (χ4v) is 5.87. The predicted octanol–water partition coefficient (Wildman–Crippen LogP) is 6.49. The van der Waals surface area contributed by atoms with Gasteiger partial charge in [-0.15, -0.1) is 0 Å². The van der Waals surface area contributed by atoms with Crippen molar-refractivity contribution in [3.8, 4) is 0 Å². The average molecular weight is 561 g/mol. The smallest absolute Gasteiger partial charge is 0.163 e. The van der Waals surface area contributed by atoms with Crippen molar-refractivity contribution in [1.29, 1.82) is 0 Å². The summed E-state index contributed by atoms with van der Waals surface area (Å²) in [6.07, 6.45) is 1.51. The van der Waals surface area contributed by atoms with E-state index in [-0.39, 0.29) is 0 Å². The number of aliphatic hydroxyl groups excluding tert-OH is 1. The zero-order valence-corrected chi connectivity index (χ0v) is 23.9. The standard InChI is InChI=1S/C36H36N2O4/c1-35(2)41-25-32(42-35)34(40-24-27-15-7-3-8-16-27)33(39)31-23-38(26-37-31)36(28-17-9-4-10-18-28,29-19-11-5-12-20-29)30-21-13-6-14-22-30/h3-23,26,32-34,39H,24-25H2,1-2H3/t32-,33+,34+/m0/s1. The third-order valence-electron chi connectivity index (χ3n) is 7.86. The van der Waals surface area contributed by atoms with Gasteiger partial charge in [0.15, 0.2) is 5.79 Å². The van der Waals surface area contributed by atoms with E-state index in [0.717, 1.165) is 22.3 Å². The van der Waals surface area contributed by atoms with Crippen LogP contribution in [-0.2, 0) is 26.4 Å². The van der Waals surface area contributed by atoms with Gasteiger partial charge in [-0.3, -0.25) is 0 Å². The van der Waals surface area contributed by atoms with Crippen LogP contribution in [0.1, 0.15) is 47.9 Å². The lowest BCUT2D eigenvalue weighted by molar-refractivity contribution is -0.172. The summed E-state index contributed by atoms with van der Waals surface area (Å²) in [6.45, 7) is 4.38. The summed E-state index contributed by atoms with van der Waals surface area (Å²) in [7, 11) is 0. The van der Waals surface area contributed by atoms with Crippen LogP contribution < -0.4 is 0 Å². The molecule has 0 aliphatic carbocycles. The molecule has 42 heavy (non-hydrogen) atoms. The molecule has 1 fully saturated rings. The first-order chi connectivity index (χ1) is 20.5. The molecule has 0 spiro atoms. The first-order valence-electron chi connectivity index (χ1n) is 14.3. The highest BCUT2D eigenvalue weighted by atomic mass is 16.7. The van der Waals surface area contributed by atoms with Crippen molar-refractivity contribution in [2.45, 2.75) is 50.1 Å². The van der Waals surface area contributed by atoms with E-state index < -0.39 is 29.6 Å². The number of rotatable bonds is 10. The van der Waals surface area contributed by atoms with Gasteiger partial charge in [0.25, 0.3) is 0 Å². The molecule has 0 bridgehead atoms. The molecule has 6 heteroatoms. The number of hydrogen-bond acceptors (Lipinski definition) is 5. The van der Waals surface area contributed by atoms with Crippen LogP contribution in [0.4, 0.5) is 0 Å². The number of ether oxygens (including phenoxy) is 3. The van der Waals surface area contributed by atoms with Gasteiger partial charge in [0, 0.05) is 6.20 Å². The maximum atomic E-state index is 11.8. The highest BCUT2D eigenvalue weighted by Gasteiger charge is 2.43. The molecule has 0 amide bonds. The van der Waals surface area contributed by atoms with E-state index in [4.69, 9.17) is 19.2 Å². The van der Waals surface area contributed by atoms with Crippen molar-refractivity contribution in [3.05, 3.63) is 162 Å². The molecule has 1 aromatic heterocycles. The van der Waals surface area contributed by atoms with E-state index >= 15 is 0 Å². The van der Waals surface area contributed by atoms with Gasteiger partial charge < -0.3 is 23.9 Å². The summed E-state index contributed by atoms with van der Waals surface area (Å²) in [5, 5.41) is 11.8. The lowest BCUT2D eigenvalue weighted by Gasteiger charge is -2.37. The molecule has 6 rings (SSSR count). The molecule has 2 heterocycles. The quantitative estimate of drug-likeness (QED) is 0.198. The van der Waals surface area contributed by atoms with Gasteiger partial charge in [0.1, 0.15) is 23.9 Å². The zero-order valence-electron chi connectivity index (χ0n) is 23.9. The van der Waals surface area contributed by atoms with E-state index in [1.807, 2.05) is 68.6 Å². The Morgan fingerprint density at radius 2 is 1.33 bits per heavy atom. The topological polar surface area (TPSA) is 65.7 Å². The summed E-state index contributed by atoms with van der Waals surface area (Å²) in [5.74, 6) is -0.763. The Morgan fingerprint density at radius 1 is 0.833 bits per heavy atom. The minimum absolute atomic E-state index is 0.312. The normalized spacial score (nSPS) is 18.0. The molecular formula is C36H36N2O4. The van der Waals surface area contributed by atoms with Gasteiger partial charge >= 0.3 is 0 Å². The molecule has 6 nitrogen and oxygen atoms in total. The van der Waals surface area contributed by atoms with E-state index in [0.29, 0.717) is 18.9 Å². The number of benzene rings is 4. The maximum absolute atomic E-state index is 11.8. The number of aliphatic hydroxyl groups is 1. The number of imidazole rings is 1. The zero-order chi connectivity index (χ0) is 29.0. The van der Waals surface area contributed by atoms with Crippen molar-refractivity contribution >= 4 is 0 Å². The van der Waals surface area contributed by atoms with Gasteiger partial charge in [-0.2, -0.15) is 0 Å². The van der Waals surface area contributed by atoms with Gasteiger partial charge in [0.05, 0.1) is 25.2 Å². The Kier molecular flexibility index (Phi) is 8.05. The number of hydrogen-bond donors (Lipinski definition) is 1. The fraction of sp³-hybridized carbons (Fsp3) is 0.250. The van der Waals surface area contributed by atoms with Crippen LogP contribution in [0.25, 0.3) is 0 Å². The Bertz CT molecular complexity index is 1460. The van der Waals surface area contributed by atoms with E-state index in [1.165, 1.54) is 0 Å². The van der Waals surface area contributed by atoms with Gasteiger partial charge in [-0.05, 0) is 36.1 Å². The molecule has 1 aliphatic rings. The molecule has 0 saturated carbocycles. The van der Waals surface area contributed by atoms with E-state index in [1.54, 1.807) is 6.33 Å². The SMILES string of the molecule is CC1(C)OC[C@@H]([C@@H](OCc2ccccc2)[C@H](O)c2cn(C(c3ccccc3)(c3ccccc3)c3ccccc3)cn2)O1. The molecule has 1 aliphatic heterocycles. The van der Waals surface area contributed by atoms with Crippen LogP contribution in [0.5, 0.6) is 0 Å². The molecule has 1 saturated heterocycles. The number of nitrogens with zero attached hydrogens (tertiary/aromatic N) is 2. The highest BCUT2D eigenvalue weighted by molar-refractivity contribution is 5.50. The lowest BCUT2D eigenvalue weighted by Crippen LogP contribution is -2.38. The molecule has 3 atom stereocenters. The Hall–Kier alpha value is -4.07. The molecular weight excluding hydrogens is 524 g/mol. The third-order valence-corrected chi connectivity index (χ3v) is 7.86. The van der Waals surface area contributed by atoms with Crippen LogP contribution in [0.15, 0.2) is 134 Å². The summed E-state index contributed by atoms with van der Waals surface area (Å²) in [6, 6.07) is 41.1. The second kappa shape index (κ2) is 12.0. The van der Waals surface area contributed by atoms with Crippen LogP contribution >= 0.6 is 0 Å². The predicted molar refractivity (Wildman–Crippen MR) is 162 cm³/mol. The van der Waals surface area contributed by atoms with Crippen LogP contribution in [0.2, 0.25) is 0 Å². The lowest BCUT2D eigenvalue weighted by atomic mass is 9.77. The summed E-state index contributed by atoms with van der Waals surface area (Å²) < 4.78 is 20.5. The minimum Gasteiger partial charge on any atom is -0.384 e. The average Bonchev–Trinajstić information content (AvgIpc) is 3.67. The monoisotopic (exact) mass is 560 g/mol. The molecule has 214 valence electrons. The minimum atomic E-state index is -1.06. The Labute approximate surface area is 247 Å². The largest absolute Gasteiger partial charge is 0.384 e. The summed E-state index contributed by atoms with van der Waals surface area (Å²) >= 11 is 0. The van der Waals surface area contributed by atoms with Gasteiger partial charge in [-0.1, -0.05) is 121 Å². The highest BCUT2D eigenvalue weighted by Crippen LogP contribution is 2.41. The molecule has 0 radical (unpaired) electrons. The van der Waals surface area contributed by atoms with Gasteiger partial charge in [-0.25, -0.2) is 4.98 Å². The first kappa shape index (κ1) is 28.1. The van der Waals surface area contributed by atoms with E-state index in [2.05, 4.69) is 77.4 Å². The van der Waals surface area contributed by atoms with E-state index in [9.17, 15) is 5.11 Å². The summed E-state index contributed by atoms with van der Waals surface area (Å²) in [5.41, 5.74) is 4.00.